The van der Waals surface area contributed by atoms with Crippen molar-refractivity contribution in [1.29, 1.82) is 0 Å². The molecule has 6 nitrogen and oxygen atoms in total. The van der Waals surface area contributed by atoms with Gasteiger partial charge in [0.25, 0.3) is 0 Å². The van der Waals surface area contributed by atoms with Gasteiger partial charge in [-0.25, -0.2) is 19.2 Å². The highest BCUT2D eigenvalue weighted by Crippen LogP contribution is 2.36. The summed E-state index contributed by atoms with van der Waals surface area (Å²) in [6.45, 7) is 8.19. The Hall–Kier alpha value is -0.990. The molecular formula is C22H38ClF2N5O. The number of carbonyl (C=O) groups is 1. The molecule has 9 heteroatoms. The van der Waals surface area contributed by atoms with Gasteiger partial charge < -0.3 is 5.32 Å². The summed E-state index contributed by atoms with van der Waals surface area (Å²) in [5.74, 6) is 0.619. The van der Waals surface area contributed by atoms with E-state index in [1.165, 1.54) is 0 Å². The average Bonchev–Trinajstić information content (AvgIpc) is 3.10. The summed E-state index contributed by atoms with van der Waals surface area (Å²) in [6, 6.07) is 0.275. The van der Waals surface area contributed by atoms with E-state index < -0.39 is 18.3 Å². The van der Waals surface area contributed by atoms with Crippen molar-refractivity contribution in [3.63, 3.8) is 0 Å². The third-order valence-electron chi connectivity index (χ3n) is 6.49. The van der Waals surface area contributed by atoms with Crippen LogP contribution in [0.4, 0.5) is 8.78 Å². The predicted molar refractivity (Wildman–Crippen MR) is 120 cm³/mol. The third kappa shape index (κ3) is 7.26. The molecule has 0 bridgehead atoms. The number of guanidine groups is 1. The van der Waals surface area contributed by atoms with Crippen LogP contribution in [0.1, 0.15) is 72.6 Å². The van der Waals surface area contributed by atoms with E-state index in [1.54, 1.807) is 0 Å². The maximum absolute atomic E-state index is 13.8. The molecule has 0 aromatic carbocycles. The Labute approximate surface area is 189 Å². The van der Waals surface area contributed by atoms with Gasteiger partial charge in [-0.3, -0.25) is 15.5 Å². The normalized spacial score (nSPS) is 39.9. The van der Waals surface area contributed by atoms with Crippen molar-refractivity contribution in [2.45, 2.75) is 108 Å². The molecule has 4 N–H and O–H groups in total. The molecule has 3 rings (SSSR count). The standard InChI is InChI=1S/C22H38ClF2N5O/c1-12-7-14(9-15(23)8-12)18-11-19(30-29-18)26-21(28-22(2,3)4)27-20(31)13-5-6-16(24)17(25)10-13/h12-19,29-30H,5-11H2,1-4H3,(H2,26,27,28,31). The van der Waals surface area contributed by atoms with Crippen LogP contribution in [-0.4, -0.2) is 47.3 Å². The van der Waals surface area contributed by atoms with Crippen molar-refractivity contribution in [3.8, 4) is 0 Å². The first-order valence-electron chi connectivity index (χ1n) is 11.6. The summed E-state index contributed by atoms with van der Waals surface area (Å²) in [7, 11) is 0. The molecule has 2 aliphatic carbocycles. The van der Waals surface area contributed by atoms with E-state index in [9.17, 15) is 13.6 Å². The summed E-state index contributed by atoms with van der Waals surface area (Å²) in [4.78, 5) is 17.4. The smallest absolute Gasteiger partial charge is 0.229 e. The van der Waals surface area contributed by atoms with Gasteiger partial charge >= 0.3 is 0 Å². The number of hydrogen-bond donors (Lipinski definition) is 4. The van der Waals surface area contributed by atoms with Gasteiger partial charge in [0, 0.05) is 29.3 Å². The Balaban J connectivity index is 1.62. The fourth-order valence-electron chi connectivity index (χ4n) is 5.00. The van der Waals surface area contributed by atoms with Crippen LogP contribution in [0.5, 0.6) is 0 Å². The van der Waals surface area contributed by atoms with Crippen molar-refractivity contribution in [2.24, 2.45) is 22.7 Å². The van der Waals surface area contributed by atoms with E-state index in [2.05, 4.69) is 28.4 Å². The highest BCUT2D eigenvalue weighted by molar-refractivity contribution is 6.20. The number of nitrogens with zero attached hydrogens (tertiary/aromatic N) is 1. The monoisotopic (exact) mass is 461 g/mol. The Bertz CT molecular complexity index is 648. The lowest BCUT2D eigenvalue weighted by Gasteiger charge is -2.33. The molecule has 31 heavy (non-hydrogen) atoms. The molecule has 3 aliphatic rings. The van der Waals surface area contributed by atoms with Gasteiger partial charge in [-0.2, -0.15) is 0 Å². The van der Waals surface area contributed by atoms with Crippen LogP contribution >= 0.6 is 11.6 Å². The summed E-state index contributed by atoms with van der Waals surface area (Å²) in [6.07, 6.45) is 1.10. The first-order chi connectivity index (χ1) is 14.5. The van der Waals surface area contributed by atoms with Gasteiger partial charge in [-0.05, 0) is 71.1 Å². The molecule has 0 aromatic heterocycles. The van der Waals surface area contributed by atoms with Crippen LogP contribution in [0.2, 0.25) is 0 Å². The molecule has 0 radical (unpaired) electrons. The first-order valence-corrected chi connectivity index (χ1v) is 12.0. The van der Waals surface area contributed by atoms with Crippen molar-refractivity contribution < 1.29 is 13.6 Å². The Morgan fingerprint density at radius 2 is 1.77 bits per heavy atom. The summed E-state index contributed by atoms with van der Waals surface area (Å²) < 4.78 is 27.2. The van der Waals surface area contributed by atoms with E-state index in [4.69, 9.17) is 16.6 Å². The van der Waals surface area contributed by atoms with Gasteiger partial charge in [0.1, 0.15) is 18.5 Å². The number of hydrazine groups is 1. The molecule has 178 valence electrons. The van der Waals surface area contributed by atoms with Crippen LogP contribution in [0.25, 0.3) is 0 Å². The minimum Gasteiger partial charge on any atom is -0.351 e. The largest absolute Gasteiger partial charge is 0.351 e. The number of rotatable bonds is 3. The highest BCUT2D eigenvalue weighted by atomic mass is 35.5. The Kier molecular flexibility index (Phi) is 8.19. The quantitative estimate of drug-likeness (QED) is 0.294. The van der Waals surface area contributed by atoms with Gasteiger partial charge in [-0.1, -0.05) is 6.92 Å². The Morgan fingerprint density at radius 3 is 2.42 bits per heavy atom. The third-order valence-corrected chi connectivity index (χ3v) is 6.84. The minimum atomic E-state index is -1.58. The molecule has 8 atom stereocenters. The number of carbonyl (C=O) groups excluding carboxylic acids is 1. The summed E-state index contributed by atoms with van der Waals surface area (Å²) in [5.41, 5.74) is 6.28. The molecule has 0 aromatic rings. The van der Waals surface area contributed by atoms with Crippen molar-refractivity contribution in [3.05, 3.63) is 0 Å². The average molecular weight is 462 g/mol. The van der Waals surface area contributed by atoms with Crippen LogP contribution < -0.4 is 21.5 Å². The number of alkyl halides is 3. The molecule has 1 heterocycles. The molecule has 8 unspecified atom stereocenters. The zero-order chi connectivity index (χ0) is 22.8. The zero-order valence-electron chi connectivity index (χ0n) is 19.1. The summed E-state index contributed by atoms with van der Waals surface area (Å²) >= 11 is 6.44. The second-order valence-corrected chi connectivity index (χ2v) is 11.3. The molecule has 2 saturated carbocycles. The van der Waals surface area contributed by atoms with Gasteiger partial charge in [0.2, 0.25) is 5.91 Å². The van der Waals surface area contributed by atoms with Crippen LogP contribution in [0.15, 0.2) is 4.99 Å². The summed E-state index contributed by atoms with van der Waals surface area (Å²) in [5, 5.41) is 6.30. The number of halogens is 3. The minimum absolute atomic E-state index is 0.0790. The highest BCUT2D eigenvalue weighted by Gasteiger charge is 2.37. The number of aliphatic imine (C=N–C) groups is 1. The topological polar surface area (TPSA) is 77.5 Å². The van der Waals surface area contributed by atoms with Crippen LogP contribution in [0, 0.1) is 17.8 Å². The molecule has 0 spiro atoms. The van der Waals surface area contributed by atoms with Crippen molar-refractivity contribution in [1.82, 2.24) is 21.5 Å². The zero-order valence-corrected chi connectivity index (χ0v) is 19.8. The fraction of sp³-hybridized carbons (Fsp3) is 0.909. The lowest BCUT2D eigenvalue weighted by molar-refractivity contribution is -0.125. The maximum Gasteiger partial charge on any atom is 0.229 e. The van der Waals surface area contributed by atoms with Crippen molar-refractivity contribution in [2.75, 3.05) is 0 Å². The maximum atomic E-state index is 13.8. The van der Waals surface area contributed by atoms with E-state index in [0.29, 0.717) is 24.2 Å². The van der Waals surface area contributed by atoms with Crippen LogP contribution in [-0.2, 0) is 4.79 Å². The Morgan fingerprint density at radius 1 is 1.03 bits per heavy atom. The second kappa shape index (κ2) is 10.3. The molecule has 3 fully saturated rings. The number of amides is 1. The predicted octanol–water partition coefficient (Wildman–Crippen LogP) is 3.56. The first kappa shape index (κ1) is 24.6. The van der Waals surface area contributed by atoms with E-state index in [0.717, 1.165) is 25.7 Å². The fourth-order valence-corrected chi connectivity index (χ4v) is 5.53. The van der Waals surface area contributed by atoms with Gasteiger partial charge in [0.05, 0.1) is 0 Å². The number of hydrogen-bond acceptors (Lipinski definition) is 4. The molecule has 1 amide bonds. The van der Waals surface area contributed by atoms with E-state index in [1.807, 2.05) is 20.8 Å². The lowest BCUT2D eigenvalue weighted by atomic mass is 9.78. The number of nitrogens with one attached hydrogen (secondary N) is 4. The van der Waals surface area contributed by atoms with Gasteiger partial charge in [-0.15, -0.1) is 11.6 Å². The molecular weight excluding hydrogens is 424 g/mol. The lowest BCUT2D eigenvalue weighted by Crippen LogP contribution is -2.52. The molecule has 1 saturated heterocycles. The SMILES string of the molecule is CC1CC(Cl)CC(C2CC(/N=C(/NC(=O)C3CCC(F)C(F)C3)NC(C)(C)C)NN2)C1. The van der Waals surface area contributed by atoms with Crippen LogP contribution in [0.3, 0.4) is 0 Å². The molecule has 1 aliphatic heterocycles. The van der Waals surface area contributed by atoms with E-state index in [-0.39, 0.29) is 41.9 Å². The van der Waals surface area contributed by atoms with Gasteiger partial charge in [0.15, 0.2) is 5.96 Å². The van der Waals surface area contributed by atoms with Crippen molar-refractivity contribution >= 4 is 23.5 Å². The second-order valence-electron chi connectivity index (χ2n) is 10.7. The van der Waals surface area contributed by atoms with E-state index >= 15 is 0 Å².